The summed E-state index contributed by atoms with van der Waals surface area (Å²) in [5, 5.41) is 0. The van der Waals surface area contributed by atoms with E-state index in [1.165, 1.54) is 0 Å². The fraction of sp³-hybridized carbons (Fsp3) is 0.889. The van der Waals surface area contributed by atoms with Crippen LogP contribution in [0.4, 0.5) is 0 Å². The molecule has 0 aromatic carbocycles. The van der Waals surface area contributed by atoms with Crippen LogP contribution in [0.3, 0.4) is 0 Å². The Hall–Kier alpha value is -0.530. The van der Waals surface area contributed by atoms with Gasteiger partial charge in [-0.25, -0.2) is 0 Å². The molecule has 0 aliphatic rings. The van der Waals surface area contributed by atoms with E-state index in [-0.39, 0.29) is 11.3 Å². The second kappa shape index (κ2) is 3.74. The van der Waals surface area contributed by atoms with Gasteiger partial charge in [-0.05, 0) is 12.3 Å². The number of amides is 1. The Bertz CT molecular complexity index is 135. The minimum atomic E-state index is 0.169. The van der Waals surface area contributed by atoms with Gasteiger partial charge in [0.25, 0.3) is 0 Å². The Kier molecular flexibility index (Phi) is 3.56. The zero-order valence-corrected chi connectivity index (χ0v) is 8.27. The molecule has 0 bridgehead atoms. The summed E-state index contributed by atoms with van der Waals surface area (Å²) in [6.07, 6.45) is 0. The van der Waals surface area contributed by atoms with E-state index in [4.69, 9.17) is 0 Å². The van der Waals surface area contributed by atoms with Crippen LogP contribution in [0.1, 0.15) is 34.6 Å². The van der Waals surface area contributed by atoms with Gasteiger partial charge < -0.3 is 4.90 Å². The Morgan fingerprint density at radius 2 is 1.82 bits per heavy atom. The Labute approximate surface area is 69.6 Å². The highest BCUT2D eigenvalue weighted by atomic mass is 16.2. The summed E-state index contributed by atoms with van der Waals surface area (Å²) in [6.45, 7) is 11.7. The summed E-state index contributed by atoms with van der Waals surface area (Å²) >= 11 is 0. The quantitative estimate of drug-likeness (QED) is 0.599. The summed E-state index contributed by atoms with van der Waals surface area (Å²) < 4.78 is 0. The lowest BCUT2D eigenvalue weighted by atomic mass is 9.96. The van der Waals surface area contributed by atoms with E-state index in [1.54, 1.807) is 6.92 Å². The highest BCUT2D eigenvalue weighted by Gasteiger charge is 2.16. The van der Waals surface area contributed by atoms with Gasteiger partial charge in [0.1, 0.15) is 0 Å². The maximum atomic E-state index is 11.0. The van der Waals surface area contributed by atoms with Crippen LogP contribution in [-0.2, 0) is 4.79 Å². The molecular formula is C9H19NO. The van der Waals surface area contributed by atoms with Crippen LogP contribution < -0.4 is 0 Å². The molecule has 0 unspecified atom stereocenters. The predicted octanol–water partition coefficient (Wildman–Crippen LogP) is 1.90. The molecule has 0 aliphatic carbocycles. The monoisotopic (exact) mass is 157 g/mol. The molecule has 0 N–H and O–H groups in total. The van der Waals surface area contributed by atoms with Crippen molar-refractivity contribution in [1.82, 2.24) is 4.90 Å². The van der Waals surface area contributed by atoms with E-state index in [9.17, 15) is 4.79 Å². The standard InChI is InChI=1S/C9H19NO/c1-6-10(8(2)11)7-9(3,4)5/h6-7H2,1-5H3. The lowest BCUT2D eigenvalue weighted by molar-refractivity contribution is -0.129. The highest BCUT2D eigenvalue weighted by molar-refractivity contribution is 5.73. The van der Waals surface area contributed by atoms with Gasteiger partial charge in [-0.2, -0.15) is 0 Å². The van der Waals surface area contributed by atoms with Gasteiger partial charge >= 0.3 is 0 Å². The first-order chi connectivity index (χ1) is 4.87. The van der Waals surface area contributed by atoms with Gasteiger partial charge in [0.15, 0.2) is 0 Å². The average Bonchev–Trinajstić information content (AvgIpc) is 1.80. The maximum Gasteiger partial charge on any atom is 0.219 e. The van der Waals surface area contributed by atoms with Gasteiger partial charge in [0.05, 0.1) is 0 Å². The number of carbonyl (C=O) groups is 1. The summed E-state index contributed by atoms with van der Waals surface area (Å²) in [7, 11) is 0. The Morgan fingerprint density at radius 1 is 1.36 bits per heavy atom. The van der Waals surface area contributed by atoms with Crippen LogP contribution in [-0.4, -0.2) is 23.9 Å². The predicted molar refractivity (Wildman–Crippen MR) is 47.4 cm³/mol. The molecule has 66 valence electrons. The van der Waals surface area contributed by atoms with Gasteiger partial charge in [0.2, 0.25) is 5.91 Å². The fourth-order valence-electron chi connectivity index (χ4n) is 1.02. The number of carbonyl (C=O) groups excluding carboxylic acids is 1. The number of hydrogen-bond donors (Lipinski definition) is 0. The van der Waals surface area contributed by atoms with E-state index in [1.807, 2.05) is 11.8 Å². The first-order valence-corrected chi connectivity index (χ1v) is 4.12. The van der Waals surface area contributed by atoms with Crippen molar-refractivity contribution in [3.8, 4) is 0 Å². The highest BCUT2D eigenvalue weighted by Crippen LogP contribution is 2.14. The third-order valence-corrected chi connectivity index (χ3v) is 1.49. The first-order valence-electron chi connectivity index (χ1n) is 4.12. The lowest BCUT2D eigenvalue weighted by Crippen LogP contribution is -2.35. The molecule has 0 radical (unpaired) electrons. The van der Waals surface area contributed by atoms with Crippen molar-refractivity contribution in [1.29, 1.82) is 0 Å². The Balaban J connectivity index is 3.99. The van der Waals surface area contributed by atoms with Crippen molar-refractivity contribution >= 4 is 5.91 Å². The number of rotatable bonds is 2. The van der Waals surface area contributed by atoms with E-state index >= 15 is 0 Å². The van der Waals surface area contributed by atoms with E-state index in [2.05, 4.69) is 20.8 Å². The zero-order chi connectivity index (χ0) is 9.07. The molecule has 2 nitrogen and oxygen atoms in total. The minimum absolute atomic E-state index is 0.169. The fourth-order valence-corrected chi connectivity index (χ4v) is 1.02. The molecular weight excluding hydrogens is 138 g/mol. The molecule has 0 aliphatic heterocycles. The molecule has 11 heavy (non-hydrogen) atoms. The largest absolute Gasteiger partial charge is 0.343 e. The van der Waals surface area contributed by atoms with Gasteiger partial charge in [-0.1, -0.05) is 20.8 Å². The van der Waals surface area contributed by atoms with Crippen molar-refractivity contribution in [2.45, 2.75) is 34.6 Å². The molecule has 0 aromatic heterocycles. The van der Waals surface area contributed by atoms with Crippen molar-refractivity contribution in [2.24, 2.45) is 5.41 Å². The third-order valence-electron chi connectivity index (χ3n) is 1.49. The van der Waals surface area contributed by atoms with Crippen molar-refractivity contribution in [2.75, 3.05) is 13.1 Å². The van der Waals surface area contributed by atoms with E-state index < -0.39 is 0 Å². The molecule has 0 atom stereocenters. The smallest absolute Gasteiger partial charge is 0.219 e. The molecule has 0 fully saturated rings. The van der Waals surface area contributed by atoms with Crippen LogP contribution >= 0.6 is 0 Å². The topological polar surface area (TPSA) is 20.3 Å². The van der Waals surface area contributed by atoms with E-state index in [0.29, 0.717) is 0 Å². The van der Waals surface area contributed by atoms with Gasteiger partial charge in [-0.15, -0.1) is 0 Å². The molecule has 0 saturated carbocycles. The molecule has 0 saturated heterocycles. The molecule has 1 amide bonds. The molecule has 0 aromatic rings. The second-order valence-corrected chi connectivity index (χ2v) is 4.09. The minimum Gasteiger partial charge on any atom is -0.343 e. The second-order valence-electron chi connectivity index (χ2n) is 4.09. The van der Waals surface area contributed by atoms with Crippen LogP contribution in [0.15, 0.2) is 0 Å². The lowest BCUT2D eigenvalue weighted by Gasteiger charge is -2.27. The molecule has 0 heterocycles. The van der Waals surface area contributed by atoms with Crippen molar-refractivity contribution in [3.63, 3.8) is 0 Å². The Morgan fingerprint density at radius 3 is 1.91 bits per heavy atom. The summed E-state index contributed by atoms with van der Waals surface area (Å²) in [6, 6.07) is 0. The summed E-state index contributed by atoms with van der Waals surface area (Å²) in [4.78, 5) is 12.8. The normalized spacial score (nSPS) is 11.4. The van der Waals surface area contributed by atoms with Gasteiger partial charge in [-0.3, -0.25) is 4.79 Å². The number of nitrogens with zero attached hydrogens (tertiary/aromatic N) is 1. The van der Waals surface area contributed by atoms with Crippen LogP contribution in [0, 0.1) is 5.41 Å². The van der Waals surface area contributed by atoms with Crippen LogP contribution in [0.25, 0.3) is 0 Å². The van der Waals surface area contributed by atoms with E-state index in [0.717, 1.165) is 13.1 Å². The van der Waals surface area contributed by atoms with Gasteiger partial charge in [0, 0.05) is 20.0 Å². The van der Waals surface area contributed by atoms with Crippen LogP contribution in [0.2, 0.25) is 0 Å². The number of hydrogen-bond acceptors (Lipinski definition) is 1. The third kappa shape index (κ3) is 4.82. The average molecular weight is 157 g/mol. The maximum absolute atomic E-state index is 11.0. The van der Waals surface area contributed by atoms with Crippen LogP contribution in [0.5, 0.6) is 0 Å². The summed E-state index contributed by atoms with van der Waals surface area (Å²) in [5.74, 6) is 0.169. The first kappa shape index (κ1) is 10.5. The van der Waals surface area contributed by atoms with Crippen molar-refractivity contribution in [3.05, 3.63) is 0 Å². The molecule has 0 spiro atoms. The SMILES string of the molecule is CCN(CC(C)(C)C)C(C)=O. The summed E-state index contributed by atoms with van der Waals surface area (Å²) in [5.41, 5.74) is 0.210. The van der Waals surface area contributed by atoms with Crippen molar-refractivity contribution < 1.29 is 4.79 Å². The molecule has 0 rings (SSSR count). The zero-order valence-electron chi connectivity index (χ0n) is 8.27. The molecule has 2 heteroatoms.